The Kier molecular flexibility index (Phi) is 7.97. The van der Waals surface area contributed by atoms with Gasteiger partial charge in [-0.15, -0.1) is 11.8 Å². The fourth-order valence-electron chi connectivity index (χ4n) is 2.30. The van der Waals surface area contributed by atoms with Crippen molar-refractivity contribution in [2.75, 3.05) is 16.4 Å². The van der Waals surface area contributed by atoms with Gasteiger partial charge in [-0.1, -0.05) is 12.1 Å². The summed E-state index contributed by atoms with van der Waals surface area (Å²) < 4.78 is 5.29. The second-order valence-corrected chi connectivity index (χ2v) is 7.30. The van der Waals surface area contributed by atoms with Crippen LogP contribution in [-0.2, 0) is 19.1 Å². The van der Waals surface area contributed by atoms with Gasteiger partial charge < -0.3 is 15.4 Å². The Bertz CT molecular complexity index is 912. The van der Waals surface area contributed by atoms with E-state index in [2.05, 4.69) is 10.6 Å². The Morgan fingerprint density at radius 3 is 2.10 bits per heavy atom. The van der Waals surface area contributed by atoms with Crippen LogP contribution in [0.25, 0.3) is 0 Å². The van der Waals surface area contributed by atoms with Crippen LogP contribution in [0.4, 0.5) is 11.4 Å². The highest BCUT2D eigenvalue weighted by Gasteiger charge is 2.21. The fourth-order valence-corrected chi connectivity index (χ4v) is 3.14. The van der Waals surface area contributed by atoms with Gasteiger partial charge in [0.25, 0.3) is 5.91 Å². The van der Waals surface area contributed by atoms with Crippen molar-refractivity contribution >= 4 is 46.7 Å². The van der Waals surface area contributed by atoms with Crippen molar-refractivity contribution < 1.29 is 23.9 Å². The van der Waals surface area contributed by atoms with Gasteiger partial charge in [0.1, 0.15) is 5.78 Å². The van der Waals surface area contributed by atoms with Crippen LogP contribution in [-0.4, -0.2) is 35.4 Å². The third-order valence-corrected chi connectivity index (χ3v) is 4.88. The Morgan fingerprint density at radius 2 is 1.52 bits per heavy atom. The Balaban J connectivity index is 1.98. The summed E-state index contributed by atoms with van der Waals surface area (Å²) in [5.41, 5.74) is 1.41. The molecule has 8 heteroatoms. The van der Waals surface area contributed by atoms with E-state index in [0.717, 1.165) is 0 Å². The summed E-state index contributed by atoms with van der Waals surface area (Å²) in [5, 5.41) is 5.29. The molecule has 0 aliphatic heterocycles. The molecule has 0 aromatic heterocycles. The molecule has 7 nitrogen and oxygen atoms in total. The van der Waals surface area contributed by atoms with Crippen LogP contribution in [0, 0.1) is 0 Å². The maximum Gasteiger partial charge on any atom is 0.340 e. The number of anilines is 2. The zero-order valence-corrected chi connectivity index (χ0v) is 17.2. The second kappa shape index (κ2) is 10.4. The number of thioether (sulfide) groups is 1. The first-order chi connectivity index (χ1) is 13.8. The van der Waals surface area contributed by atoms with Crippen LogP contribution in [0.1, 0.15) is 31.1 Å². The number of ether oxygens (including phenoxy) is 1. The molecule has 0 aliphatic rings. The van der Waals surface area contributed by atoms with Gasteiger partial charge in [0, 0.05) is 23.2 Å². The predicted molar refractivity (Wildman–Crippen MR) is 112 cm³/mol. The number of ketones is 1. The zero-order valence-electron chi connectivity index (χ0n) is 16.4. The molecule has 0 heterocycles. The zero-order chi connectivity index (χ0) is 21.4. The van der Waals surface area contributed by atoms with Gasteiger partial charge in [-0.3, -0.25) is 14.4 Å². The number of benzene rings is 2. The lowest BCUT2D eigenvalue weighted by Crippen LogP contribution is -2.30. The highest BCUT2D eigenvalue weighted by atomic mass is 32.2. The van der Waals surface area contributed by atoms with E-state index in [1.54, 1.807) is 48.5 Å². The van der Waals surface area contributed by atoms with Crippen molar-refractivity contribution in [1.29, 1.82) is 0 Å². The number of hydrogen-bond acceptors (Lipinski definition) is 6. The van der Waals surface area contributed by atoms with Crippen molar-refractivity contribution in [3.63, 3.8) is 0 Å². The predicted octanol–water partition coefficient (Wildman–Crippen LogP) is 3.51. The van der Waals surface area contributed by atoms with Crippen molar-refractivity contribution in [2.45, 2.75) is 31.8 Å². The molecular weight excluding hydrogens is 392 g/mol. The highest BCUT2D eigenvalue weighted by Crippen LogP contribution is 2.24. The molecule has 0 radical (unpaired) electrons. The Hall–Kier alpha value is -3.13. The molecule has 29 heavy (non-hydrogen) atoms. The number of carbonyl (C=O) groups excluding carboxylic acids is 4. The van der Waals surface area contributed by atoms with Crippen LogP contribution >= 0.6 is 11.8 Å². The van der Waals surface area contributed by atoms with Crippen molar-refractivity contribution in [3.8, 4) is 0 Å². The maximum atomic E-state index is 12.5. The summed E-state index contributed by atoms with van der Waals surface area (Å²) in [4.78, 5) is 47.7. The first-order valence-electron chi connectivity index (χ1n) is 8.87. The van der Waals surface area contributed by atoms with E-state index in [4.69, 9.17) is 4.74 Å². The molecular formula is C21H22N2O5S. The van der Waals surface area contributed by atoms with Gasteiger partial charge in [0.05, 0.1) is 11.3 Å². The van der Waals surface area contributed by atoms with Crippen molar-refractivity contribution in [3.05, 3.63) is 54.1 Å². The summed E-state index contributed by atoms with van der Waals surface area (Å²) in [6.45, 7) is 4.36. The normalized spacial score (nSPS) is 11.3. The molecule has 0 fully saturated rings. The summed E-state index contributed by atoms with van der Waals surface area (Å²) in [6, 6.07) is 13.3. The van der Waals surface area contributed by atoms with Gasteiger partial charge in [-0.25, -0.2) is 4.79 Å². The van der Waals surface area contributed by atoms with E-state index in [1.165, 1.54) is 32.5 Å². The molecule has 0 unspecified atom stereocenters. The monoisotopic (exact) mass is 414 g/mol. The number of nitrogens with one attached hydrogen (secondary N) is 2. The largest absolute Gasteiger partial charge is 0.449 e. The number of Topliss-reactive ketones (excluding diaryl/α,β-unsaturated/α-hetero) is 1. The molecule has 0 aliphatic carbocycles. The van der Waals surface area contributed by atoms with Crippen molar-refractivity contribution in [1.82, 2.24) is 0 Å². The molecule has 152 valence electrons. The molecule has 2 N–H and O–H groups in total. The summed E-state index contributed by atoms with van der Waals surface area (Å²) in [6.07, 6.45) is -1.02. The van der Waals surface area contributed by atoms with Crippen LogP contribution in [0.2, 0.25) is 0 Å². The molecule has 1 atom stereocenters. The minimum Gasteiger partial charge on any atom is -0.449 e. The third-order valence-electron chi connectivity index (χ3n) is 3.66. The Morgan fingerprint density at radius 1 is 0.931 bits per heavy atom. The lowest BCUT2D eigenvalue weighted by atomic mass is 10.2. The van der Waals surface area contributed by atoms with E-state index >= 15 is 0 Å². The molecule has 2 aromatic carbocycles. The molecule has 2 rings (SSSR count). The van der Waals surface area contributed by atoms with E-state index in [0.29, 0.717) is 21.8 Å². The topological polar surface area (TPSA) is 102 Å². The van der Waals surface area contributed by atoms with E-state index < -0.39 is 18.0 Å². The fraction of sp³-hybridized carbons (Fsp3) is 0.238. The number of rotatable bonds is 8. The van der Waals surface area contributed by atoms with E-state index in [-0.39, 0.29) is 17.4 Å². The van der Waals surface area contributed by atoms with Gasteiger partial charge in [-0.05, 0) is 50.2 Å². The average molecular weight is 414 g/mol. The minimum absolute atomic E-state index is 0.00422. The molecule has 0 spiro atoms. The van der Waals surface area contributed by atoms with Crippen LogP contribution in [0.15, 0.2) is 53.4 Å². The summed E-state index contributed by atoms with van der Waals surface area (Å²) in [7, 11) is 0. The SMILES string of the molecule is CC(=O)CSc1ccccc1C(=O)O[C@@H](C)C(=O)Nc1ccc(NC(C)=O)cc1. The van der Waals surface area contributed by atoms with Gasteiger partial charge in [0.2, 0.25) is 5.91 Å². The average Bonchev–Trinajstić information content (AvgIpc) is 2.67. The van der Waals surface area contributed by atoms with E-state index in [9.17, 15) is 19.2 Å². The smallest absolute Gasteiger partial charge is 0.340 e. The van der Waals surface area contributed by atoms with Crippen molar-refractivity contribution in [2.24, 2.45) is 0 Å². The minimum atomic E-state index is -1.02. The highest BCUT2D eigenvalue weighted by molar-refractivity contribution is 8.00. The molecule has 0 saturated carbocycles. The number of carbonyl (C=O) groups is 4. The first-order valence-corrected chi connectivity index (χ1v) is 9.85. The van der Waals surface area contributed by atoms with Crippen LogP contribution < -0.4 is 10.6 Å². The molecule has 2 aromatic rings. The van der Waals surface area contributed by atoms with Gasteiger partial charge in [0.15, 0.2) is 6.10 Å². The van der Waals surface area contributed by atoms with Gasteiger partial charge in [-0.2, -0.15) is 0 Å². The molecule has 0 bridgehead atoms. The van der Waals surface area contributed by atoms with Crippen LogP contribution in [0.3, 0.4) is 0 Å². The molecule has 0 saturated heterocycles. The molecule has 2 amide bonds. The summed E-state index contributed by atoms with van der Waals surface area (Å²) in [5.74, 6) is -1.08. The Labute approximate surface area is 173 Å². The number of amides is 2. The quantitative estimate of drug-likeness (QED) is 0.506. The van der Waals surface area contributed by atoms with Crippen LogP contribution in [0.5, 0.6) is 0 Å². The first kappa shape index (κ1) is 22.2. The summed E-state index contributed by atoms with van der Waals surface area (Å²) >= 11 is 1.25. The second-order valence-electron chi connectivity index (χ2n) is 6.28. The van der Waals surface area contributed by atoms with E-state index in [1.807, 2.05) is 0 Å². The maximum absolute atomic E-state index is 12.5. The lowest BCUT2D eigenvalue weighted by Gasteiger charge is -2.15. The number of hydrogen-bond donors (Lipinski definition) is 2. The standard InChI is InChI=1S/C21H22N2O5S/c1-13(24)12-29-19-7-5-4-6-18(19)21(27)28-14(2)20(26)23-17-10-8-16(9-11-17)22-15(3)25/h4-11,14H,12H2,1-3H3,(H,22,25)(H,23,26)/t14-/m0/s1. The lowest BCUT2D eigenvalue weighted by molar-refractivity contribution is -0.123. The van der Waals surface area contributed by atoms with Gasteiger partial charge >= 0.3 is 5.97 Å². The third kappa shape index (κ3) is 7.08. The number of esters is 1.